The van der Waals surface area contributed by atoms with Crippen LogP contribution in [0.5, 0.6) is 0 Å². The molecule has 4 nitrogen and oxygen atoms in total. The number of halogens is 1. The lowest BCUT2D eigenvalue weighted by Crippen LogP contribution is -2.27. The number of benzene rings is 3. The smallest absolute Gasteiger partial charge is 0.293 e. The summed E-state index contributed by atoms with van der Waals surface area (Å²) >= 11 is 4.66. The molecule has 4 aromatic rings. The van der Waals surface area contributed by atoms with Crippen molar-refractivity contribution in [2.75, 3.05) is 0 Å². The first-order chi connectivity index (χ1) is 16.3. The molecule has 0 radical (unpaired) electrons. The number of imide groups is 1. The molecule has 0 unspecified atom stereocenters. The third-order valence-corrected chi connectivity index (χ3v) is 7.91. The molecule has 6 heteroatoms. The number of fused-ring (bicyclic) bond motifs is 1. The number of nitrogens with zero attached hydrogens (tertiary/aromatic N) is 2. The van der Waals surface area contributed by atoms with Gasteiger partial charge in [0.05, 0.1) is 17.1 Å². The van der Waals surface area contributed by atoms with Gasteiger partial charge in [0.15, 0.2) is 0 Å². The Morgan fingerprint density at radius 2 is 1.62 bits per heavy atom. The number of aromatic nitrogens is 1. The maximum Gasteiger partial charge on any atom is 0.293 e. The van der Waals surface area contributed by atoms with Crippen molar-refractivity contribution in [2.24, 2.45) is 0 Å². The SMILES string of the molecule is Cc1ccccc1CN1C(=O)S/C(=C\c2cc(C)n(-c3ccc(Br)c4ccccc34)c2C)C1=O. The van der Waals surface area contributed by atoms with Crippen LogP contribution >= 0.6 is 27.7 Å². The molecular weight excluding hydrogens is 508 g/mol. The summed E-state index contributed by atoms with van der Waals surface area (Å²) < 4.78 is 3.26. The molecule has 1 aromatic heterocycles. The van der Waals surface area contributed by atoms with Crippen LogP contribution < -0.4 is 0 Å². The minimum Gasteiger partial charge on any atom is -0.317 e. The largest absolute Gasteiger partial charge is 0.317 e. The Kier molecular flexibility index (Phi) is 5.96. The fourth-order valence-corrected chi connectivity index (χ4v) is 5.79. The maximum atomic E-state index is 13.1. The summed E-state index contributed by atoms with van der Waals surface area (Å²) in [6, 6.07) is 22.4. The summed E-state index contributed by atoms with van der Waals surface area (Å²) in [5.41, 5.74) is 6.15. The minimum absolute atomic E-state index is 0.229. The van der Waals surface area contributed by atoms with Gasteiger partial charge in [-0.15, -0.1) is 0 Å². The summed E-state index contributed by atoms with van der Waals surface area (Å²) in [7, 11) is 0. The number of thioether (sulfide) groups is 1. The quantitative estimate of drug-likeness (QED) is 0.255. The van der Waals surface area contributed by atoms with E-state index in [4.69, 9.17) is 0 Å². The van der Waals surface area contributed by atoms with Crippen LogP contribution in [0.4, 0.5) is 4.79 Å². The number of hydrogen-bond acceptors (Lipinski definition) is 3. The van der Waals surface area contributed by atoms with Gasteiger partial charge in [0.25, 0.3) is 11.1 Å². The normalized spacial score (nSPS) is 15.2. The molecule has 0 bridgehead atoms. The first kappa shape index (κ1) is 22.7. The van der Waals surface area contributed by atoms with Gasteiger partial charge in [0.2, 0.25) is 0 Å². The molecule has 34 heavy (non-hydrogen) atoms. The molecular formula is C28H23BrN2O2S. The highest BCUT2D eigenvalue weighted by Crippen LogP contribution is 2.36. The molecule has 0 atom stereocenters. The van der Waals surface area contributed by atoms with Crippen molar-refractivity contribution >= 4 is 55.7 Å². The molecule has 1 fully saturated rings. The molecule has 2 heterocycles. The van der Waals surface area contributed by atoms with Crippen LogP contribution in [0.25, 0.3) is 22.5 Å². The van der Waals surface area contributed by atoms with E-state index < -0.39 is 0 Å². The van der Waals surface area contributed by atoms with Gasteiger partial charge >= 0.3 is 0 Å². The third kappa shape index (κ3) is 3.91. The second kappa shape index (κ2) is 8.93. The Morgan fingerprint density at radius 1 is 0.912 bits per heavy atom. The van der Waals surface area contributed by atoms with Gasteiger partial charge in [-0.05, 0) is 78.9 Å². The van der Waals surface area contributed by atoms with E-state index in [1.54, 1.807) is 0 Å². The molecule has 0 saturated carbocycles. The number of aryl methyl sites for hydroxylation is 2. The van der Waals surface area contributed by atoms with Crippen molar-refractivity contribution in [3.05, 3.63) is 104 Å². The van der Waals surface area contributed by atoms with E-state index in [1.807, 2.05) is 56.3 Å². The summed E-state index contributed by atoms with van der Waals surface area (Å²) in [5.74, 6) is -0.239. The number of rotatable bonds is 4. The van der Waals surface area contributed by atoms with Crippen LogP contribution in [-0.2, 0) is 11.3 Å². The summed E-state index contributed by atoms with van der Waals surface area (Å²) in [6.07, 6.45) is 1.85. The highest BCUT2D eigenvalue weighted by atomic mass is 79.9. The van der Waals surface area contributed by atoms with Crippen LogP contribution in [0.15, 0.2) is 76.1 Å². The number of amides is 2. The van der Waals surface area contributed by atoms with Gasteiger partial charge in [0, 0.05) is 21.2 Å². The summed E-state index contributed by atoms with van der Waals surface area (Å²) in [5, 5.41) is 2.06. The van der Waals surface area contributed by atoms with E-state index in [0.29, 0.717) is 11.4 Å². The maximum absolute atomic E-state index is 13.1. The second-order valence-electron chi connectivity index (χ2n) is 8.47. The van der Waals surface area contributed by atoms with Crippen molar-refractivity contribution in [1.29, 1.82) is 0 Å². The Balaban J connectivity index is 1.51. The standard InChI is InChI=1S/C28H23BrN2O2S/c1-17-8-4-5-9-20(17)16-30-27(32)26(34-28(30)33)15-21-14-18(2)31(19(21)3)25-13-12-24(29)22-10-6-7-11-23(22)25/h4-15H,16H2,1-3H3/b26-15-. The van der Waals surface area contributed by atoms with Crippen molar-refractivity contribution in [2.45, 2.75) is 27.3 Å². The van der Waals surface area contributed by atoms with Crippen LogP contribution in [0.3, 0.4) is 0 Å². The molecule has 0 spiro atoms. The molecule has 170 valence electrons. The Bertz CT molecular complexity index is 1500. The molecule has 3 aromatic carbocycles. The van der Waals surface area contributed by atoms with Crippen LogP contribution in [0, 0.1) is 20.8 Å². The molecule has 1 aliphatic heterocycles. The summed E-state index contributed by atoms with van der Waals surface area (Å²) in [4.78, 5) is 27.6. The Labute approximate surface area is 211 Å². The fraction of sp³-hybridized carbons (Fsp3) is 0.143. The van der Waals surface area contributed by atoms with Crippen LogP contribution in [0.2, 0.25) is 0 Å². The van der Waals surface area contributed by atoms with Crippen molar-refractivity contribution in [1.82, 2.24) is 9.47 Å². The van der Waals surface area contributed by atoms with Gasteiger partial charge in [0.1, 0.15) is 0 Å². The van der Waals surface area contributed by atoms with E-state index in [-0.39, 0.29) is 11.1 Å². The highest BCUT2D eigenvalue weighted by molar-refractivity contribution is 9.10. The third-order valence-electron chi connectivity index (χ3n) is 6.31. The lowest BCUT2D eigenvalue weighted by Gasteiger charge is -2.14. The summed E-state index contributed by atoms with van der Waals surface area (Å²) in [6.45, 7) is 6.39. The zero-order chi connectivity index (χ0) is 24.0. The predicted octanol–water partition coefficient (Wildman–Crippen LogP) is 7.55. The van der Waals surface area contributed by atoms with Crippen LogP contribution in [0.1, 0.15) is 28.1 Å². The van der Waals surface area contributed by atoms with Crippen molar-refractivity contribution in [3.63, 3.8) is 0 Å². The monoisotopic (exact) mass is 530 g/mol. The molecule has 2 amide bonds. The Hall–Kier alpha value is -3.09. The van der Waals surface area contributed by atoms with Gasteiger partial charge in [-0.2, -0.15) is 0 Å². The zero-order valence-corrected chi connectivity index (χ0v) is 21.5. The van der Waals surface area contributed by atoms with Gasteiger partial charge < -0.3 is 4.57 Å². The molecule has 1 saturated heterocycles. The fourth-order valence-electron chi connectivity index (χ4n) is 4.48. The van der Waals surface area contributed by atoms with Crippen LogP contribution in [-0.4, -0.2) is 20.6 Å². The zero-order valence-electron chi connectivity index (χ0n) is 19.1. The number of carbonyl (C=O) groups excluding carboxylic acids is 2. The lowest BCUT2D eigenvalue weighted by atomic mass is 10.1. The Morgan fingerprint density at radius 3 is 2.38 bits per heavy atom. The molecule has 0 aliphatic carbocycles. The average molecular weight is 531 g/mol. The second-order valence-corrected chi connectivity index (χ2v) is 10.3. The lowest BCUT2D eigenvalue weighted by molar-refractivity contribution is -0.123. The van der Waals surface area contributed by atoms with Gasteiger partial charge in [-0.1, -0.05) is 64.5 Å². The van der Waals surface area contributed by atoms with E-state index in [9.17, 15) is 9.59 Å². The molecule has 1 aliphatic rings. The van der Waals surface area contributed by atoms with E-state index in [1.165, 1.54) is 4.90 Å². The van der Waals surface area contributed by atoms with E-state index in [0.717, 1.165) is 60.8 Å². The van der Waals surface area contributed by atoms with Gasteiger partial charge in [-0.3, -0.25) is 14.5 Å². The van der Waals surface area contributed by atoms with E-state index in [2.05, 4.69) is 57.8 Å². The number of hydrogen-bond donors (Lipinski definition) is 0. The predicted molar refractivity (Wildman–Crippen MR) is 143 cm³/mol. The average Bonchev–Trinajstić information content (AvgIpc) is 3.25. The van der Waals surface area contributed by atoms with E-state index >= 15 is 0 Å². The molecule has 5 rings (SSSR count). The first-order valence-corrected chi connectivity index (χ1v) is 12.6. The molecule has 0 N–H and O–H groups in total. The van der Waals surface area contributed by atoms with Crippen molar-refractivity contribution < 1.29 is 9.59 Å². The van der Waals surface area contributed by atoms with Gasteiger partial charge in [-0.25, -0.2) is 0 Å². The topological polar surface area (TPSA) is 42.3 Å². The van der Waals surface area contributed by atoms with Crippen molar-refractivity contribution in [3.8, 4) is 5.69 Å². The highest BCUT2D eigenvalue weighted by Gasteiger charge is 2.35. The number of carbonyl (C=O) groups is 2. The minimum atomic E-state index is -0.239. The first-order valence-electron chi connectivity index (χ1n) is 11.0.